The second-order valence-electron chi connectivity index (χ2n) is 6.91. The number of H-pyrrole nitrogens is 1. The number of benzene rings is 1. The Balaban J connectivity index is 2.14. The first-order valence-corrected chi connectivity index (χ1v) is 8.86. The lowest BCUT2D eigenvalue weighted by Crippen LogP contribution is -2.47. The van der Waals surface area contributed by atoms with Gasteiger partial charge in [-0.1, -0.05) is 23.2 Å². The molecule has 2 aliphatic rings. The number of fused-ring (bicyclic) bond motifs is 4. The highest BCUT2D eigenvalue weighted by Crippen LogP contribution is 2.53. The summed E-state index contributed by atoms with van der Waals surface area (Å²) in [7, 11) is 1.58. The fourth-order valence-corrected chi connectivity index (χ4v) is 4.63. The van der Waals surface area contributed by atoms with Crippen LogP contribution in [0.4, 0.5) is 11.5 Å². The van der Waals surface area contributed by atoms with Crippen LogP contribution in [0.5, 0.6) is 0 Å². The first kappa shape index (κ1) is 17.2. The molecule has 2 aliphatic heterocycles. The lowest BCUT2D eigenvalue weighted by Gasteiger charge is -2.32. The maximum absolute atomic E-state index is 13.3. The normalized spacial score (nSPS) is 21.4. The molecule has 0 saturated carbocycles. The van der Waals surface area contributed by atoms with E-state index in [1.165, 1.54) is 11.0 Å². The molecule has 1 spiro atoms. The molecule has 26 heavy (non-hydrogen) atoms. The van der Waals surface area contributed by atoms with Gasteiger partial charge < -0.3 is 10.2 Å². The number of anilines is 2. The quantitative estimate of drug-likeness (QED) is 0.779. The molecule has 9 heteroatoms. The van der Waals surface area contributed by atoms with E-state index in [1.54, 1.807) is 17.8 Å². The maximum atomic E-state index is 13.3. The summed E-state index contributed by atoms with van der Waals surface area (Å²) >= 11 is 12.5. The lowest BCUT2D eigenvalue weighted by molar-refractivity contribution is -0.126. The van der Waals surface area contributed by atoms with Crippen LogP contribution in [0.25, 0.3) is 0 Å². The van der Waals surface area contributed by atoms with E-state index in [0.29, 0.717) is 27.1 Å². The minimum Gasteiger partial charge on any atom is -0.313 e. The highest BCUT2D eigenvalue weighted by atomic mass is 35.5. The Morgan fingerprint density at radius 1 is 1.19 bits per heavy atom. The van der Waals surface area contributed by atoms with Crippen LogP contribution in [-0.2, 0) is 15.0 Å². The smallest absolute Gasteiger partial charge is 0.270 e. The zero-order chi connectivity index (χ0) is 19.0. The predicted octanol–water partition coefficient (Wildman–Crippen LogP) is 2.67. The summed E-state index contributed by atoms with van der Waals surface area (Å²) in [4.78, 5) is 40.1. The molecule has 136 valence electrons. The van der Waals surface area contributed by atoms with Gasteiger partial charge in [-0.3, -0.25) is 24.2 Å². The van der Waals surface area contributed by atoms with Crippen LogP contribution in [0.1, 0.15) is 37.4 Å². The van der Waals surface area contributed by atoms with E-state index in [-0.39, 0.29) is 29.8 Å². The summed E-state index contributed by atoms with van der Waals surface area (Å²) < 4.78 is 1.56. The van der Waals surface area contributed by atoms with Crippen molar-refractivity contribution in [3.05, 3.63) is 43.7 Å². The van der Waals surface area contributed by atoms with Crippen LogP contribution in [0.2, 0.25) is 10.0 Å². The largest absolute Gasteiger partial charge is 0.313 e. The molecule has 1 aromatic carbocycles. The summed E-state index contributed by atoms with van der Waals surface area (Å²) in [6, 6.07) is 3.04. The number of hydrogen-bond acceptors (Lipinski definition) is 3. The second kappa shape index (κ2) is 5.37. The molecule has 1 atom stereocenters. The van der Waals surface area contributed by atoms with Crippen molar-refractivity contribution in [2.75, 3.05) is 17.3 Å². The molecule has 3 heterocycles. The van der Waals surface area contributed by atoms with E-state index in [4.69, 9.17) is 23.2 Å². The van der Waals surface area contributed by atoms with Crippen molar-refractivity contribution in [1.29, 1.82) is 0 Å². The number of aromatic amines is 1. The Morgan fingerprint density at radius 3 is 2.54 bits per heavy atom. The van der Waals surface area contributed by atoms with Crippen LogP contribution in [0.3, 0.4) is 0 Å². The van der Waals surface area contributed by atoms with Crippen LogP contribution < -0.4 is 15.8 Å². The molecule has 0 aliphatic carbocycles. The molecule has 0 radical (unpaired) electrons. The molecule has 0 unspecified atom stereocenters. The number of carbonyl (C=O) groups excluding carboxylic acids is 2. The molecule has 0 fully saturated rings. The van der Waals surface area contributed by atoms with E-state index >= 15 is 0 Å². The first-order valence-electron chi connectivity index (χ1n) is 8.11. The summed E-state index contributed by atoms with van der Waals surface area (Å²) in [6.45, 7) is 3.74. The van der Waals surface area contributed by atoms with Gasteiger partial charge in [0.15, 0.2) is 0 Å². The van der Waals surface area contributed by atoms with Crippen molar-refractivity contribution in [2.45, 2.75) is 31.7 Å². The molecule has 0 bridgehead atoms. The van der Waals surface area contributed by atoms with Gasteiger partial charge in [0, 0.05) is 18.1 Å². The third kappa shape index (κ3) is 1.98. The Kier molecular flexibility index (Phi) is 3.55. The van der Waals surface area contributed by atoms with Crippen LogP contribution in [0.15, 0.2) is 16.9 Å². The monoisotopic (exact) mass is 394 g/mol. The van der Waals surface area contributed by atoms with Crippen LogP contribution in [-0.4, -0.2) is 28.6 Å². The third-order valence-electron chi connectivity index (χ3n) is 5.05. The van der Waals surface area contributed by atoms with Crippen molar-refractivity contribution in [1.82, 2.24) is 9.78 Å². The fraction of sp³-hybridized carbons (Fsp3) is 0.353. The fourth-order valence-electron chi connectivity index (χ4n) is 4.01. The standard InChI is InChI=1S/C17H16Cl2N4O3/c1-7(2)23-14-12(15(25)21-23)17(6-11(24)20-14)9-4-8(18)5-10(19)13(9)22(3)16(17)26/h4-5,7H,6H2,1-3H3,(H,20,24)(H,21,25)/t17-/m1/s1. The van der Waals surface area contributed by atoms with E-state index < -0.39 is 11.0 Å². The average Bonchev–Trinajstić information content (AvgIpc) is 2.97. The SMILES string of the molecule is CC(C)n1[nH]c(=O)c2c1NC(=O)C[C@]21C(=O)N(C)c2c(Cl)cc(Cl)cc21. The number of likely N-dealkylation sites (N-methyl/N-ethyl adjacent to an activating group) is 1. The van der Waals surface area contributed by atoms with E-state index in [0.717, 1.165) is 0 Å². The predicted molar refractivity (Wildman–Crippen MR) is 99.3 cm³/mol. The van der Waals surface area contributed by atoms with Gasteiger partial charge in [0.05, 0.1) is 22.7 Å². The van der Waals surface area contributed by atoms with Crippen molar-refractivity contribution in [2.24, 2.45) is 0 Å². The number of carbonyl (C=O) groups is 2. The molecule has 0 saturated heterocycles. The number of rotatable bonds is 1. The molecular formula is C17H16Cl2N4O3. The van der Waals surface area contributed by atoms with E-state index in [1.807, 2.05) is 13.8 Å². The van der Waals surface area contributed by atoms with Crippen LogP contribution >= 0.6 is 23.2 Å². The van der Waals surface area contributed by atoms with Gasteiger partial charge in [-0.05, 0) is 31.5 Å². The number of hydrogen-bond donors (Lipinski definition) is 2. The van der Waals surface area contributed by atoms with Gasteiger partial charge >= 0.3 is 0 Å². The number of nitrogens with one attached hydrogen (secondary N) is 2. The lowest BCUT2D eigenvalue weighted by atomic mass is 9.71. The molecule has 2 aromatic rings. The Morgan fingerprint density at radius 2 is 1.88 bits per heavy atom. The topological polar surface area (TPSA) is 87.2 Å². The second-order valence-corrected chi connectivity index (χ2v) is 7.75. The van der Waals surface area contributed by atoms with Crippen LogP contribution in [0, 0.1) is 0 Å². The van der Waals surface area contributed by atoms with E-state index in [2.05, 4.69) is 10.4 Å². The van der Waals surface area contributed by atoms with Crippen molar-refractivity contribution < 1.29 is 9.59 Å². The van der Waals surface area contributed by atoms with Gasteiger partial charge in [-0.2, -0.15) is 0 Å². The highest BCUT2D eigenvalue weighted by Gasteiger charge is 2.58. The van der Waals surface area contributed by atoms with Crippen molar-refractivity contribution >= 4 is 46.5 Å². The third-order valence-corrected chi connectivity index (χ3v) is 5.55. The number of aromatic nitrogens is 2. The minimum absolute atomic E-state index is 0.112. The zero-order valence-electron chi connectivity index (χ0n) is 14.3. The number of nitrogens with zero attached hydrogens (tertiary/aromatic N) is 2. The summed E-state index contributed by atoms with van der Waals surface area (Å²) in [5.74, 6) is -0.414. The number of halogens is 2. The maximum Gasteiger partial charge on any atom is 0.270 e. The van der Waals surface area contributed by atoms with Gasteiger partial charge in [-0.15, -0.1) is 0 Å². The summed E-state index contributed by atoms with van der Waals surface area (Å²) in [6.07, 6.45) is -0.183. The Labute approximate surface area is 158 Å². The average molecular weight is 395 g/mol. The molecule has 7 nitrogen and oxygen atoms in total. The molecule has 1 aromatic heterocycles. The van der Waals surface area contributed by atoms with Crippen molar-refractivity contribution in [3.8, 4) is 0 Å². The highest BCUT2D eigenvalue weighted by molar-refractivity contribution is 6.38. The molecule has 4 rings (SSSR count). The van der Waals surface area contributed by atoms with Gasteiger partial charge in [0.1, 0.15) is 11.2 Å². The van der Waals surface area contributed by atoms with Gasteiger partial charge in [0.25, 0.3) is 5.56 Å². The van der Waals surface area contributed by atoms with Gasteiger partial charge in [0.2, 0.25) is 11.8 Å². The van der Waals surface area contributed by atoms with Gasteiger partial charge in [-0.25, -0.2) is 0 Å². The van der Waals surface area contributed by atoms with E-state index in [9.17, 15) is 14.4 Å². The zero-order valence-corrected chi connectivity index (χ0v) is 15.8. The molecule has 2 amide bonds. The molecular weight excluding hydrogens is 379 g/mol. The Hall–Kier alpha value is -2.25. The van der Waals surface area contributed by atoms with Crippen molar-refractivity contribution in [3.63, 3.8) is 0 Å². The molecule has 2 N–H and O–H groups in total. The summed E-state index contributed by atoms with van der Waals surface area (Å²) in [5, 5.41) is 6.10. The summed E-state index contributed by atoms with van der Waals surface area (Å²) in [5.41, 5.74) is -0.688. The Bertz CT molecular complexity index is 1040. The minimum atomic E-state index is -1.44. The number of amides is 2. The first-order chi connectivity index (χ1) is 12.2.